The van der Waals surface area contributed by atoms with Crippen molar-refractivity contribution in [3.8, 4) is 0 Å². The molecular weight excluding hydrogens is 204 g/mol. The molecule has 0 bridgehead atoms. The third-order valence-electron chi connectivity index (χ3n) is 2.12. The van der Waals surface area contributed by atoms with Gasteiger partial charge in [0.15, 0.2) is 0 Å². The van der Waals surface area contributed by atoms with E-state index in [-0.39, 0.29) is 6.54 Å². The van der Waals surface area contributed by atoms with Crippen molar-refractivity contribution in [2.75, 3.05) is 13.7 Å². The summed E-state index contributed by atoms with van der Waals surface area (Å²) in [6.45, 7) is 1.74. The Morgan fingerprint density at radius 1 is 1.67 bits per heavy atom. The van der Waals surface area contributed by atoms with Crippen LogP contribution in [0.25, 0.3) is 0 Å². The third kappa shape index (κ3) is 1.43. The number of hydrogen-bond acceptors (Lipinski definition) is 5. The smallest absolute Gasteiger partial charge is 0.326 e. The van der Waals surface area contributed by atoms with Crippen LogP contribution in [0, 0.1) is 0 Å². The van der Waals surface area contributed by atoms with E-state index in [1.54, 1.807) is 6.92 Å². The second-order valence-corrected chi connectivity index (χ2v) is 2.88. The van der Waals surface area contributed by atoms with E-state index in [0.29, 0.717) is 0 Å². The Labute approximate surface area is 85.7 Å². The van der Waals surface area contributed by atoms with Crippen LogP contribution < -0.4 is 16.5 Å². The summed E-state index contributed by atoms with van der Waals surface area (Å²) < 4.78 is 0. The fourth-order valence-electron chi connectivity index (χ4n) is 1.46. The molecule has 0 spiro atoms. The van der Waals surface area contributed by atoms with Gasteiger partial charge in [0.05, 0.1) is 7.11 Å². The molecule has 8 heteroatoms. The molecule has 0 aromatic heterocycles. The Morgan fingerprint density at radius 2 is 2.27 bits per heavy atom. The van der Waals surface area contributed by atoms with E-state index in [9.17, 15) is 14.4 Å². The molecule has 0 radical (unpaired) electrons. The lowest BCUT2D eigenvalue weighted by Gasteiger charge is -2.30. The number of nitrogens with zero attached hydrogens (tertiary/aromatic N) is 1. The van der Waals surface area contributed by atoms with Crippen LogP contribution in [0.3, 0.4) is 0 Å². The van der Waals surface area contributed by atoms with Gasteiger partial charge in [-0.1, -0.05) is 0 Å². The summed E-state index contributed by atoms with van der Waals surface area (Å²) in [5.41, 5.74) is 5.30. The van der Waals surface area contributed by atoms with E-state index in [1.807, 2.05) is 5.32 Å². The van der Waals surface area contributed by atoms with Gasteiger partial charge in [0.1, 0.15) is 0 Å². The van der Waals surface area contributed by atoms with Crippen LogP contribution in [0.15, 0.2) is 0 Å². The minimum Gasteiger partial charge on any atom is -0.366 e. The standard InChI is InChI=1S/C7H12N4O4/c1-3-11-6(14)9-5(13)7(11,4(8)12)10-15-2/h10H,3H2,1-2H3,(H2,8,12)(H,9,13,14)/t7-/m1/s1. The van der Waals surface area contributed by atoms with E-state index in [0.717, 1.165) is 4.90 Å². The summed E-state index contributed by atoms with van der Waals surface area (Å²) >= 11 is 0. The number of rotatable bonds is 4. The first kappa shape index (κ1) is 11.4. The van der Waals surface area contributed by atoms with Crippen molar-refractivity contribution in [3.05, 3.63) is 0 Å². The molecule has 1 atom stereocenters. The van der Waals surface area contributed by atoms with Crippen LogP contribution in [-0.2, 0) is 14.4 Å². The molecule has 1 aliphatic heterocycles. The van der Waals surface area contributed by atoms with Gasteiger partial charge in [-0.2, -0.15) is 5.48 Å². The second kappa shape index (κ2) is 3.83. The average molecular weight is 216 g/mol. The average Bonchev–Trinajstić information content (AvgIpc) is 2.39. The summed E-state index contributed by atoms with van der Waals surface area (Å²) in [6, 6.07) is -0.689. The normalized spacial score (nSPS) is 25.6. The Kier molecular flexibility index (Phi) is 2.91. The van der Waals surface area contributed by atoms with Crippen LogP contribution in [-0.4, -0.2) is 42.1 Å². The number of imide groups is 1. The summed E-state index contributed by atoms with van der Waals surface area (Å²) in [7, 11) is 1.22. The van der Waals surface area contributed by atoms with E-state index in [2.05, 4.69) is 10.3 Å². The van der Waals surface area contributed by atoms with Gasteiger partial charge in [-0.3, -0.25) is 19.8 Å². The number of carbonyl (C=O) groups is 3. The zero-order valence-corrected chi connectivity index (χ0v) is 8.36. The topological polar surface area (TPSA) is 114 Å². The summed E-state index contributed by atoms with van der Waals surface area (Å²) in [6.07, 6.45) is 0. The van der Waals surface area contributed by atoms with Gasteiger partial charge in [-0.05, 0) is 6.92 Å². The number of amides is 4. The number of nitrogens with one attached hydrogen (secondary N) is 2. The van der Waals surface area contributed by atoms with Crippen molar-refractivity contribution in [3.63, 3.8) is 0 Å². The minimum absolute atomic E-state index is 0.136. The number of primary amides is 1. The van der Waals surface area contributed by atoms with E-state index >= 15 is 0 Å². The first-order valence-corrected chi connectivity index (χ1v) is 4.23. The summed E-state index contributed by atoms with van der Waals surface area (Å²) in [5.74, 6) is -1.85. The van der Waals surface area contributed by atoms with E-state index in [1.165, 1.54) is 7.11 Å². The summed E-state index contributed by atoms with van der Waals surface area (Å²) in [4.78, 5) is 39.6. The van der Waals surface area contributed by atoms with E-state index in [4.69, 9.17) is 5.73 Å². The largest absolute Gasteiger partial charge is 0.366 e. The first-order chi connectivity index (χ1) is 7.00. The predicted molar refractivity (Wildman–Crippen MR) is 48.0 cm³/mol. The Morgan fingerprint density at radius 3 is 2.67 bits per heavy atom. The number of nitrogens with two attached hydrogens (primary N) is 1. The summed E-state index contributed by atoms with van der Waals surface area (Å²) in [5, 5.41) is 1.98. The maximum atomic E-state index is 11.5. The van der Waals surface area contributed by atoms with Crippen molar-refractivity contribution >= 4 is 17.8 Å². The number of hydroxylamine groups is 1. The molecule has 1 heterocycles. The van der Waals surface area contributed by atoms with Gasteiger partial charge >= 0.3 is 6.03 Å². The van der Waals surface area contributed by atoms with Crippen LogP contribution >= 0.6 is 0 Å². The molecule has 1 fully saturated rings. The van der Waals surface area contributed by atoms with Crippen LogP contribution in [0.4, 0.5) is 4.79 Å². The quantitative estimate of drug-likeness (QED) is 0.283. The molecule has 15 heavy (non-hydrogen) atoms. The molecule has 1 aliphatic rings. The molecule has 4 amide bonds. The number of urea groups is 1. The van der Waals surface area contributed by atoms with Crippen molar-refractivity contribution in [2.45, 2.75) is 12.6 Å². The highest BCUT2D eigenvalue weighted by molar-refractivity contribution is 6.19. The molecule has 8 nitrogen and oxygen atoms in total. The van der Waals surface area contributed by atoms with Crippen molar-refractivity contribution in [1.29, 1.82) is 0 Å². The third-order valence-corrected chi connectivity index (χ3v) is 2.12. The molecule has 0 saturated carbocycles. The van der Waals surface area contributed by atoms with Gasteiger partial charge in [0.2, 0.25) is 0 Å². The second-order valence-electron chi connectivity index (χ2n) is 2.88. The fourth-order valence-corrected chi connectivity index (χ4v) is 1.46. The highest BCUT2D eigenvalue weighted by Crippen LogP contribution is 2.18. The minimum atomic E-state index is -1.96. The first-order valence-electron chi connectivity index (χ1n) is 4.23. The van der Waals surface area contributed by atoms with Gasteiger partial charge < -0.3 is 10.6 Å². The van der Waals surface area contributed by atoms with Crippen molar-refractivity contribution < 1.29 is 19.2 Å². The highest BCUT2D eigenvalue weighted by Gasteiger charge is 2.57. The Balaban J connectivity index is 3.18. The molecule has 0 aliphatic carbocycles. The highest BCUT2D eigenvalue weighted by atomic mass is 16.6. The maximum absolute atomic E-state index is 11.5. The lowest BCUT2D eigenvalue weighted by molar-refractivity contribution is -0.151. The zero-order valence-electron chi connectivity index (χ0n) is 8.36. The molecular formula is C7H12N4O4. The molecule has 1 rings (SSSR count). The van der Waals surface area contributed by atoms with Gasteiger partial charge in [-0.15, -0.1) is 0 Å². The predicted octanol–water partition coefficient (Wildman–Crippen LogP) is -2.11. The Hall–Kier alpha value is -1.67. The lowest BCUT2D eigenvalue weighted by atomic mass is 10.1. The fraction of sp³-hybridized carbons (Fsp3) is 0.571. The zero-order chi connectivity index (χ0) is 11.6. The van der Waals surface area contributed by atoms with Gasteiger partial charge in [-0.25, -0.2) is 4.79 Å². The lowest BCUT2D eigenvalue weighted by Crippen LogP contribution is -2.67. The molecule has 84 valence electrons. The van der Waals surface area contributed by atoms with E-state index < -0.39 is 23.5 Å². The SMILES string of the molecule is CCN1C(=O)NC(=O)[C@@]1(NOC)C(N)=O. The molecule has 0 aromatic carbocycles. The molecule has 0 aromatic rings. The monoisotopic (exact) mass is 216 g/mol. The van der Waals surface area contributed by atoms with Gasteiger partial charge in [0.25, 0.3) is 17.5 Å². The number of likely N-dealkylation sites (N-methyl/N-ethyl adjacent to an activating group) is 1. The van der Waals surface area contributed by atoms with Gasteiger partial charge in [0, 0.05) is 6.54 Å². The van der Waals surface area contributed by atoms with Crippen molar-refractivity contribution in [1.82, 2.24) is 15.7 Å². The van der Waals surface area contributed by atoms with Crippen LogP contribution in [0.1, 0.15) is 6.92 Å². The maximum Gasteiger partial charge on any atom is 0.326 e. The van der Waals surface area contributed by atoms with Crippen LogP contribution in [0.5, 0.6) is 0 Å². The molecule has 0 unspecified atom stereocenters. The molecule has 1 saturated heterocycles. The van der Waals surface area contributed by atoms with Crippen molar-refractivity contribution in [2.24, 2.45) is 5.73 Å². The van der Waals surface area contributed by atoms with Crippen LogP contribution in [0.2, 0.25) is 0 Å². The Bertz CT molecular complexity index is 318. The number of hydrogen-bond donors (Lipinski definition) is 3. The number of carbonyl (C=O) groups excluding carboxylic acids is 3. The molecule has 4 N–H and O–H groups in total.